The van der Waals surface area contributed by atoms with Crippen molar-refractivity contribution in [2.24, 2.45) is 0 Å². The number of carbonyl (C=O) groups excluding carboxylic acids is 2. The highest BCUT2D eigenvalue weighted by Crippen LogP contribution is 2.37. The van der Waals surface area contributed by atoms with Gasteiger partial charge in [0.1, 0.15) is 17.7 Å². The molecular formula is C37H40N6O3S. The monoisotopic (exact) mass is 648 g/mol. The van der Waals surface area contributed by atoms with Crippen molar-refractivity contribution in [1.29, 1.82) is 0 Å². The van der Waals surface area contributed by atoms with Crippen molar-refractivity contribution in [3.63, 3.8) is 0 Å². The third-order valence-corrected chi connectivity index (χ3v) is 8.28. The van der Waals surface area contributed by atoms with Gasteiger partial charge in [0.25, 0.3) is 5.91 Å². The highest BCUT2D eigenvalue weighted by Gasteiger charge is 2.20. The van der Waals surface area contributed by atoms with Crippen LogP contribution in [0.1, 0.15) is 69.1 Å². The average Bonchev–Trinajstić information content (AvgIpc) is 3.02. The van der Waals surface area contributed by atoms with Gasteiger partial charge in [-0.1, -0.05) is 37.7 Å². The molecule has 2 amide bonds. The first-order valence-electron chi connectivity index (χ1n) is 15.6. The quantitative estimate of drug-likeness (QED) is 0.163. The maximum Gasteiger partial charge on any atom is 0.412 e. The highest BCUT2D eigenvalue weighted by atomic mass is 32.2. The molecule has 0 atom stereocenters. The molecule has 9 nitrogen and oxygen atoms in total. The van der Waals surface area contributed by atoms with Gasteiger partial charge in [0.2, 0.25) is 0 Å². The van der Waals surface area contributed by atoms with Crippen LogP contribution >= 0.6 is 11.8 Å². The van der Waals surface area contributed by atoms with E-state index in [4.69, 9.17) is 9.72 Å². The van der Waals surface area contributed by atoms with Gasteiger partial charge in [-0.3, -0.25) is 10.1 Å². The van der Waals surface area contributed by atoms with Crippen molar-refractivity contribution < 1.29 is 14.3 Å². The first kappa shape index (κ1) is 33.4. The number of carbonyl (C=O) groups is 2. The Balaban J connectivity index is 1.48. The van der Waals surface area contributed by atoms with Gasteiger partial charge in [0, 0.05) is 39.0 Å². The number of nitrogens with one attached hydrogen (secondary N) is 2. The van der Waals surface area contributed by atoms with Gasteiger partial charge in [0.15, 0.2) is 5.65 Å². The maximum atomic E-state index is 13.9. The fourth-order valence-electron chi connectivity index (χ4n) is 4.91. The lowest BCUT2D eigenvalue weighted by atomic mass is 10.1. The summed E-state index contributed by atoms with van der Waals surface area (Å²) in [7, 11) is 0. The van der Waals surface area contributed by atoms with Crippen LogP contribution in [0.15, 0.2) is 95.0 Å². The Kier molecular flexibility index (Phi) is 10.1. The van der Waals surface area contributed by atoms with E-state index in [0.29, 0.717) is 34.9 Å². The van der Waals surface area contributed by atoms with Crippen molar-refractivity contribution in [3.05, 3.63) is 102 Å². The van der Waals surface area contributed by atoms with Gasteiger partial charge >= 0.3 is 6.09 Å². The predicted octanol–water partition coefficient (Wildman–Crippen LogP) is 9.37. The standard InChI is InChI=1S/C37H40N6O3S/c1-8-43(27-11-9-10-24(4)20-27)35(44)25-12-19-32(47-28-15-13-26(14-16-28)40-36(45)46-37(5,6)7)31(21-25)42-34-29-17-18-30(23(2)3)41-33(29)38-22-39-34/h9-23H,8H2,1-7H3,(H,40,45)(H,38,39,41,42). The van der Waals surface area contributed by atoms with Crippen LogP contribution in [0.2, 0.25) is 0 Å². The van der Waals surface area contributed by atoms with E-state index in [1.807, 2.05) is 113 Å². The fourth-order valence-corrected chi connectivity index (χ4v) is 5.79. The molecule has 2 heterocycles. The lowest BCUT2D eigenvalue weighted by Gasteiger charge is -2.22. The molecule has 47 heavy (non-hydrogen) atoms. The lowest BCUT2D eigenvalue weighted by Crippen LogP contribution is -2.30. The Morgan fingerprint density at radius 3 is 2.40 bits per heavy atom. The molecule has 3 aromatic carbocycles. The molecule has 0 radical (unpaired) electrons. The second kappa shape index (κ2) is 14.2. The normalized spacial score (nSPS) is 11.4. The SMILES string of the molecule is CCN(C(=O)c1ccc(Sc2ccc(NC(=O)OC(C)(C)C)cc2)c(Nc2ncnc3nc(C(C)C)ccc23)c1)c1cccc(C)c1. The molecule has 242 valence electrons. The molecule has 0 spiro atoms. The Hall–Kier alpha value is -4.96. The first-order chi connectivity index (χ1) is 22.4. The van der Waals surface area contributed by atoms with Crippen LogP contribution in [0, 0.1) is 6.92 Å². The van der Waals surface area contributed by atoms with E-state index in [2.05, 4.69) is 34.4 Å². The van der Waals surface area contributed by atoms with Crippen molar-refractivity contribution in [1.82, 2.24) is 15.0 Å². The van der Waals surface area contributed by atoms with Crippen LogP contribution in [-0.2, 0) is 4.74 Å². The smallest absolute Gasteiger partial charge is 0.412 e. The van der Waals surface area contributed by atoms with E-state index in [1.165, 1.54) is 18.1 Å². The predicted molar refractivity (Wildman–Crippen MR) is 190 cm³/mol. The van der Waals surface area contributed by atoms with Crippen LogP contribution in [0.25, 0.3) is 11.0 Å². The van der Waals surface area contributed by atoms with Gasteiger partial charge < -0.3 is 15.0 Å². The Morgan fingerprint density at radius 2 is 1.72 bits per heavy atom. The largest absolute Gasteiger partial charge is 0.444 e. The van der Waals surface area contributed by atoms with Gasteiger partial charge in [-0.25, -0.2) is 19.7 Å². The molecule has 5 rings (SSSR count). The number of nitrogens with zero attached hydrogens (tertiary/aromatic N) is 4. The average molecular weight is 649 g/mol. The summed E-state index contributed by atoms with van der Waals surface area (Å²) in [4.78, 5) is 43.4. The zero-order valence-electron chi connectivity index (χ0n) is 27.8. The molecule has 0 aliphatic carbocycles. The number of aryl methyl sites for hydroxylation is 1. The number of anilines is 4. The molecular weight excluding hydrogens is 609 g/mol. The summed E-state index contributed by atoms with van der Waals surface area (Å²) in [5.74, 6) is 0.746. The van der Waals surface area contributed by atoms with E-state index >= 15 is 0 Å². The van der Waals surface area contributed by atoms with Crippen LogP contribution in [0.5, 0.6) is 0 Å². The summed E-state index contributed by atoms with van der Waals surface area (Å²) in [6, 6.07) is 25.1. The molecule has 0 aliphatic rings. The van der Waals surface area contributed by atoms with E-state index < -0.39 is 11.7 Å². The van der Waals surface area contributed by atoms with Crippen molar-refractivity contribution >= 4 is 57.7 Å². The minimum atomic E-state index is -0.590. The number of ether oxygens (including phenoxy) is 1. The number of hydrogen-bond donors (Lipinski definition) is 2. The molecule has 0 bridgehead atoms. The highest BCUT2D eigenvalue weighted by molar-refractivity contribution is 7.99. The number of rotatable bonds is 9. The Labute approximate surface area is 280 Å². The number of fused-ring (bicyclic) bond motifs is 1. The third-order valence-electron chi connectivity index (χ3n) is 7.19. The van der Waals surface area contributed by atoms with Gasteiger partial charge in [-0.15, -0.1) is 0 Å². The number of benzene rings is 3. The topological polar surface area (TPSA) is 109 Å². The van der Waals surface area contributed by atoms with Gasteiger partial charge in [-0.2, -0.15) is 0 Å². The number of aromatic nitrogens is 3. The molecule has 5 aromatic rings. The van der Waals surface area contributed by atoms with Crippen molar-refractivity contribution in [3.8, 4) is 0 Å². The lowest BCUT2D eigenvalue weighted by molar-refractivity contribution is 0.0635. The summed E-state index contributed by atoms with van der Waals surface area (Å²) in [6.07, 6.45) is 0.986. The fraction of sp³-hybridized carbons (Fsp3) is 0.270. The second-order valence-electron chi connectivity index (χ2n) is 12.5. The summed E-state index contributed by atoms with van der Waals surface area (Å²) < 4.78 is 5.37. The summed E-state index contributed by atoms with van der Waals surface area (Å²) in [5.41, 5.74) is 4.76. The minimum Gasteiger partial charge on any atom is -0.444 e. The molecule has 0 aliphatic heterocycles. The molecule has 0 fully saturated rings. The molecule has 0 unspecified atom stereocenters. The summed E-state index contributed by atoms with van der Waals surface area (Å²) in [5, 5.41) is 7.03. The zero-order valence-corrected chi connectivity index (χ0v) is 28.6. The van der Waals surface area contributed by atoms with Crippen LogP contribution in [0.3, 0.4) is 0 Å². The molecule has 2 N–H and O–H groups in total. The van der Waals surface area contributed by atoms with Gasteiger partial charge in [0.05, 0.1) is 11.1 Å². The van der Waals surface area contributed by atoms with E-state index in [0.717, 1.165) is 32.1 Å². The molecule has 0 saturated carbocycles. The Bertz CT molecular complexity index is 1900. The maximum absolute atomic E-state index is 13.9. The molecule has 0 saturated heterocycles. The van der Waals surface area contributed by atoms with Crippen LogP contribution < -0.4 is 15.5 Å². The Morgan fingerprint density at radius 1 is 0.957 bits per heavy atom. The number of pyridine rings is 1. The third kappa shape index (κ3) is 8.45. The zero-order chi connectivity index (χ0) is 33.7. The van der Waals surface area contributed by atoms with Crippen molar-refractivity contribution in [2.75, 3.05) is 22.1 Å². The van der Waals surface area contributed by atoms with Gasteiger partial charge in [-0.05, 0) is 113 Å². The van der Waals surface area contributed by atoms with Crippen molar-refractivity contribution in [2.45, 2.75) is 69.8 Å². The van der Waals surface area contributed by atoms with Crippen LogP contribution in [-0.4, -0.2) is 39.1 Å². The second-order valence-corrected chi connectivity index (χ2v) is 13.6. The molecule has 10 heteroatoms. The summed E-state index contributed by atoms with van der Waals surface area (Å²) >= 11 is 1.53. The van der Waals surface area contributed by atoms with Crippen LogP contribution in [0.4, 0.5) is 27.7 Å². The van der Waals surface area contributed by atoms with E-state index in [-0.39, 0.29) is 11.8 Å². The van der Waals surface area contributed by atoms with E-state index in [1.54, 1.807) is 4.90 Å². The number of amides is 2. The summed E-state index contributed by atoms with van der Waals surface area (Å²) in [6.45, 7) is 14.2. The number of hydrogen-bond acceptors (Lipinski definition) is 8. The molecule has 2 aromatic heterocycles. The minimum absolute atomic E-state index is 0.106. The first-order valence-corrected chi connectivity index (χ1v) is 16.4. The van der Waals surface area contributed by atoms with E-state index in [9.17, 15) is 9.59 Å².